The van der Waals surface area contributed by atoms with Crippen LogP contribution in [0.2, 0.25) is 0 Å². The van der Waals surface area contributed by atoms with E-state index >= 15 is 0 Å². The molecule has 0 unspecified atom stereocenters. The predicted molar refractivity (Wildman–Crippen MR) is 61.4 cm³/mol. The SMILES string of the molecule is CCCN(Cc1nnsc1NN)C1CC1. The lowest BCUT2D eigenvalue weighted by Crippen LogP contribution is -2.27. The smallest absolute Gasteiger partial charge is 0.148 e. The highest BCUT2D eigenvalue weighted by molar-refractivity contribution is 7.10. The summed E-state index contributed by atoms with van der Waals surface area (Å²) in [6, 6.07) is 0.761. The molecule has 2 rings (SSSR count). The molecule has 0 aliphatic heterocycles. The van der Waals surface area contributed by atoms with Crippen LogP contribution in [0.25, 0.3) is 0 Å². The second-order valence-electron chi connectivity index (χ2n) is 3.89. The summed E-state index contributed by atoms with van der Waals surface area (Å²) in [7, 11) is 0. The van der Waals surface area contributed by atoms with Crippen molar-refractivity contribution in [3.05, 3.63) is 5.69 Å². The minimum absolute atomic E-state index is 0.761. The van der Waals surface area contributed by atoms with Crippen LogP contribution in [-0.2, 0) is 6.54 Å². The molecule has 5 nitrogen and oxygen atoms in total. The highest BCUT2D eigenvalue weighted by Gasteiger charge is 2.29. The number of hydrogen-bond acceptors (Lipinski definition) is 6. The summed E-state index contributed by atoms with van der Waals surface area (Å²) >= 11 is 1.32. The molecule has 0 atom stereocenters. The van der Waals surface area contributed by atoms with Crippen LogP contribution in [0.4, 0.5) is 5.00 Å². The summed E-state index contributed by atoms with van der Waals surface area (Å²) in [6.45, 7) is 4.21. The molecule has 0 saturated heterocycles. The average Bonchev–Trinajstić information content (AvgIpc) is 2.99. The predicted octanol–water partition coefficient (Wildman–Crippen LogP) is 1.20. The number of nitrogen functional groups attached to an aromatic ring is 1. The highest BCUT2D eigenvalue weighted by atomic mass is 32.1. The van der Waals surface area contributed by atoms with Gasteiger partial charge in [-0.25, -0.2) is 5.84 Å². The molecule has 1 fully saturated rings. The third-order valence-electron chi connectivity index (χ3n) is 2.61. The van der Waals surface area contributed by atoms with Gasteiger partial charge in [-0.15, -0.1) is 5.10 Å². The van der Waals surface area contributed by atoms with E-state index in [1.54, 1.807) is 0 Å². The van der Waals surface area contributed by atoms with Gasteiger partial charge in [0.1, 0.15) is 10.7 Å². The number of nitrogens with two attached hydrogens (primary N) is 1. The molecule has 6 heteroatoms. The van der Waals surface area contributed by atoms with Gasteiger partial charge in [0, 0.05) is 24.1 Å². The Morgan fingerprint density at radius 2 is 2.40 bits per heavy atom. The standard InChI is InChI=1S/C9H17N5S/c1-2-5-14(7-3-4-7)6-8-9(11-10)15-13-12-8/h7,11H,2-6,10H2,1H3. The molecule has 1 heterocycles. The van der Waals surface area contributed by atoms with Crippen LogP contribution in [0.15, 0.2) is 0 Å². The Hall–Kier alpha value is -0.720. The number of nitrogens with zero attached hydrogens (tertiary/aromatic N) is 3. The minimum atomic E-state index is 0.761. The summed E-state index contributed by atoms with van der Waals surface area (Å²) in [5, 5.41) is 4.99. The number of rotatable bonds is 6. The van der Waals surface area contributed by atoms with Crippen molar-refractivity contribution in [1.82, 2.24) is 14.5 Å². The van der Waals surface area contributed by atoms with E-state index in [1.807, 2.05) is 0 Å². The van der Waals surface area contributed by atoms with Crippen LogP contribution in [0, 0.1) is 0 Å². The van der Waals surface area contributed by atoms with Gasteiger partial charge in [0.05, 0.1) is 0 Å². The molecule has 84 valence electrons. The number of aromatic nitrogens is 2. The summed E-state index contributed by atoms with van der Waals surface area (Å²) in [6.07, 6.45) is 3.82. The zero-order valence-electron chi connectivity index (χ0n) is 8.94. The fourth-order valence-electron chi connectivity index (χ4n) is 1.73. The lowest BCUT2D eigenvalue weighted by atomic mass is 10.3. The van der Waals surface area contributed by atoms with Gasteiger partial charge >= 0.3 is 0 Å². The van der Waals surface area contributed by atoms with Crippen LogP contribution >= 0.6 is 11.5 Å². The van der Waals surface area contributed by atoms with E-state index in [1.165, 1.54) is 30.8 Å². The average molecular weight is 227 g/mol. The Morgan fingerprint density at radius 1 is 1.60 bits per heavy atom. The fourth-order valence-corrected chi connectivity index (χ4v) is 2.22. The molecule has 1 aromatic heterocycles. The Balaban J connectivity index is 1.98. The molecule has 3 N–H and O–H groups in total. The summed E-state index contributed by atoms with van der Waals surface area (Å²) in [5.74, 6) is 5.40. The van der Waals surface area contributed by atoms with Crippen molar-refractivity contribution in [2.45, 2.75) is 38.8 Å². The molecule has 1 saturated carbocycles. The fraction of sp³-hybridized carbons (Fsp3) is 0.778. The van der Waals surface area contributed by atoms with Gasteiger partial charge in [0.25, 0.3) is 0 Å². The zero-order valence-corrected chi connectivity index (χ0v) is 9.76. The van der Waals surface area contributed by atoms with Crippen molar-refractivity contribution in [1.29, 1.82) is 0 Å². The summed E-state index contributed by atoms with van der Waals surface area (Å²) in [4.78, 5) is 2.47. The number of hydrazine groups is 1. The maximum absolute atomic E-state index is 5.40. The molecule has 0 amide bonds. The van der Waals surface area contributed by atoms with Crippen molar-refractivity contribution < 1.29 is 0 Å². The molecule has 1 aromatic rings. The first-order valence-electron chi connectivity index (χ1n) is 5.37. The Morgan fingerprint density at radius 3 is 3.00 bits per heavy atom. The van der Waals surface area contributed by atoms with Gasteiger partial charge < -0.3 is 5.43 Å². The van der Waals surface area contributed by atoms with Gasteiger partial charge in [-0.05, 0) is 25.8 Å². The molecule has 0 bridgehead atoms. The summed E-state index contributed by atoms with van der Waals surface area (Å²) in [5.41, 5.74) is 3.62. The van der Waals surface area contributed by atoms with Crippen LogP contribution in [0.1, 0.15) is 31.9 Å². The molecular weight excluding hydrogens is 210 g/mol. The topological polar surface area (TPSA) is 67.1 Å². The first kappa shape index (κ1) is 10.8. The number of nitrogens with one attached hydrogen (secondary N) is 1. The van der Waals surface area contributed by atoms with Crippen molar-refractivity contribution in [3.8, 4) is 0 Å². The Bertz CT molecular complexity index is 309. The van der Waals surface area contributed by atoms with Crippen molar-refractivity contribution in [2.75, 3.05) is 12.0 Å². The number of anilines is 1. The molecule has 15 heavy (non-hydrogen) atoms. The van der Waals surface area contributed by atoms with E-state index in [2.05, 4.69) is 26.8 Å². The van der Waals surface area contributed by atoms with Gasteiger partial charge in [0.15, 0.2) is 0 Å². The third kappa shape index (κ3) is 2.64. The monoisotopic (exact) mass is 227 g/mol. The lowest BCUT2D eigenvalue weighted by Gasteiger charge is -2.19. The second kappa shape index (κ2) is 4.87. The van der Waals surface area contributed by atoms with E-state index in [0.717, 1.165) is 29.8 Å². The second-order valence-corrected chi connectivity index (χ2v) is 4.65. The van der Waals surface area contributed by atoms with Crippen LogP contribution in [-0.4, -0.2) is 27.1 Å². The largest absolute Gasteiger partial charge is 0.313 e. The molecule has 0 aromatic carbocycles. The van der Waals surface area contributed by atoms with Crippen molar-refractivity contribution in [2.24, 2.45) is 5.84 Å². The van der Waals surface area contributed by atoms with Crippen molar-refractivity contribution >= 4 is 16.5 Å². The van der Waals surface area contributed by atoms with E-state index in [4.69, 9.17) is 5.84 Å². The van der Waals surface area contributed by atoms with Crippen LogP contribution in [0.3, 0.4) is 0 Å². The van der Waals surface area contributed by atoms with Crippen LogP contribution in [0.5, 0.6) is 0 Å². The maximum atomic E-state index is 5.40. The maximum Gasteiger partial charge on any atom is 0.148 e. The Kier molecular flexibility index (Phi) is 3.50. The first-order valence-corrected chi connectivity index (χ1v) is 6.14. The van der Waals surface area contributed by atoms with Gasteiger partial charge in [-0.2, -0.15) is 0 Å². The molecule has 0 spiro atoms. The molecule has 1 aliphatic rings. The van der Waals surface area contributed by atoms with E-state index in [0.29, 0.717) is 0 Å². The highest BCUT2D eigenvalue weighted by Crippen LogP contribution is 2.29. The number of hydrogen-bond donors (Lipinski definition) is 2. The van der Waals surface area contributed by atoms with Crippen molar-refractivity contribution in [3.63, 3.8) is 0 Å². The lowest BCUT2D eigenvalue weighted by molar-refractivity contribution is 0.252. The molecule has 1 aliphatic carbocycles. The van der Waals surface area contributed by atoms with E-state index in [9.17, 15) is 0 Å². The van der Waals surface area contributed by atoms with Gasteiger partial charge in [-0.1, -0.05) is 11.4 Å². The van der Waals surface area contributed by atoms with E-state index < -0.39 is 0 Å². The first-order chi connectivity index (χ1) is 7.35. The quantitative estimate of drug-likeness (QED) is 0.564. The Labute approximate surface area is 93.8 Å². The molecular formula is C9H17N5S. The van der Waals surface area contributed by atoms with Gasteiger partial charge in [0.2, 0.25) is 0 Å². The zero-order chi connectivity index (χ0) is 10.7. The van der Waals surface area contributed by atoms with Crippen LogP contribution < -0.4 is 11.3 Å². The van der Waals surface area contributed by atoms with E-state index in [-0.39, 0.29) is 0 Å². The summed E-state index contributed by atoms with van der Waals surface area (Å²) < 4.78 is 3.91. The van der Waals surface area contributed by atoms with Gasteiger partial charge in [-0.3, -0.25) is 4.90 Å². The third-order valence-corrected chi connectivity index (χ3v) is 3.31. The minimum Gasteiger partial charge on any atom is -0.313 e. The molecule has 0 radical (unpaired) electrons. The normalized spacial score (nSPS) is 15.9.